The van der Waals surface area contributed by atoms with E-state index in [0.29, 0.717) is 5.92 Å². The maximum Gasteiger partial charge on any atom is 0.0961 e. The molecule has 3 atom stereocenters. The van der Waals surface area contributed by atoms with E-state index in [2.05, 4.69) is 17.3 Å². The van der Waals surface area contributed by atoms with Crippen molar-refractivity contribution >= 4 is 11.3 Å². The predicted octanol–water partition coefficient (Wildman–Crippen LogP) is 2.50. The van der Waals surface area contributed by atoms with Crippen LogP contribution in [0.4, 0.5) is 0 Å². The predicted molar refractivity (Wildman–Crippen MR) is 71.3 cm³/mol. The van der Waals surface area contributed by atoms with Gasteiger partial charge >= 0.3 is 0 Å². The van der Waals surface area contributed by atoms with Gasteiger partial charge in [0.25, 0.3) is 0 Å². The van der Waals surface area contributed by atoms with Crippen LogP contribution in [0.25, 0.3) is 0 Å². The summed E-state index contributed by atoms with van der Waals surface area (Å²) in [5.74, 6) is 0.682. The van der Waals surface area contributed by atoms with E-state index in [4.69, 9.17) is 10.7 Å². The van der Waals surface area contributed by atoms with E-state index in [0.717, 1.165) is 17.8 Å². The molecule has 1 aromatic heterocycles. The number of thiazole rings is 1. The molecule has 3 unspecified atom stereocenters. The highest BCUT2D eigenvalue weighted by Crippen LogP contribution is 2.42. The summed E-state index contributed by atoms with van der Waals surface area (Å²) in [4.78, 5) is 7.31. The maximum atomic E-state index is 5.88. The molecule has 1 aromatic rings. The van der Waals surface area contributed by atoms with Gasteiger partial charge in [0.05, 0.1) is 10.7 Å². The van der Waals surface area contributed by atoms with Gasteiger partial charge in [-0.05, 0) is 39.7 Å². The van der Waals surface area contributed by atoms with Gasteiger partial charge in [-0.25, -0.2) is 4.98 Å². The molecule has 3 heterocycles. The summed E-state index contributed by atoms with van der Waals surface area (Å²) in [6, 6.07) is 1.66. The Balaban J connectivity index is 1.77. The first-order valence-electron chi connectivity index (χ1n) is 6.58. The summed E-state index contributed by atoms with van der Waals surface area (Å²) in [5.41, 5.74) is 6.95. The summed E-state index contributed by atoms with van der Waals surface area (Å²) in [6.07, 6.45) is 5.34. The minimum atomic E-state index is 0.0722. The van der Waals surface area contributed by atoms with Crippen LogP contribution in [0.1, 0.15) is 55.3 Å². The van der Waals surface area contributed by atoms with E-state index < -0.39 is 0 Å². The molecule has 4 heteroatoms. The molecule has 2 fully saturated rings. The van der Waals surface area contributed by atoms with Crippen molar-refractivity contribution in [3.8, 4) is 0 Å². The van der Waals surface area contributed by atoms with Crippen LogP contribution in [-0.2, 0) is 0 Å². The van der Waals surface area contributed by atoms with Gasteiger partial charge in [-0.2, -0.15) is 0 Å². The van der Waals surface area contributed by atoms with Crippen LogP contribution >= 0.6 is 11.3 Å². The second-order valence-corrected chi connectivity index (χ2v) is 6.51. The van der Waals surface area contributed by atoms with E-state index in [9.17, 15) is 0 Å². The number of rotatable bonds is 2. The normalized spacial score (nSPS) is 35.1. The van der Waals surface area contributed by atoms with Gasteiger partial charge in [-0.15, -0.1) is 11.3 Å². The third-order valence-corrected chi connectivity index (χ3v) is 5.48. The summed E-state index contributed by atoms with van der Waals surface area (Å²) in [6.45, 7) is 2.01. The third kappa shape index (κ3) is 2.02. The number of nitrogens with zero attached hydrogens (tertiary/aromatic N) is 2. The lowest BCUT2D eigenvalue weighted by Gasteiger charge is -2.35. The van der Waals surface area contributed by atoms with Crippen LogP contribution < -0.4 is 5.73 Å². The Morgan fingerprint density at radius 1 is 1.41 bits per heavy atom. The highest BCUT2D eigenvalue weighted by atomic mass is 32.1. The summed E-state index contributed by atoms with van der Waals surface area (Å²) >= 11 is 1.81. The van der Waals surface area contributed by atoms with Crippen LogP contribution in [0.2, 0.25) is 0 Å². The van der Waals surface area contributed by atoms with Gasteiger partial charge in [0, 0.05) is 29.4 Å². The van der Waals surface area contributed by atoms with Crippen LogP contribution in [0.5, 0.6) is 0 Å². The largest absolute Gasteiger partial charge is 0.323 e. The van der Waals surface area contributed by atoms with Crippen molar-refractivity contribution < 1.29 is 0 Å². The highest BCUT2D eigenvalue weighted by molar-refractivity contribution is 7.09. The van der Waals surface area contributed by atoms with Gasteiger partial charge in [0.2, 0.25) is 0 Å². The quantitative estimate of drug-likeness (QED) is 0.878. The molecule has 3 nitrogen and oxygen atoms in total. The lowest BCUT2D eigenvalue weighted by Crippen LogP contribution is -2.39. The second-order valence-electron chi connectivity index (χ2n) is 5.62. The summed E-state index contributed by atoms with van der Waals surface area (Å²) in [5, 5.41) is 3.46. The topological polar surface area (TPSA) is 42.1 Å². The molecular weight excluding hydrogens is 230 g/mol. The number of piperidine rings is 1. The molecule has 2 bridgehead atoms. The molecule has 0 radical (unpaired) electrons. The molecular formula is C13H21N3S. The fourth-order valence-corrected chi connectivity index (χ4v) is 4.36. The van der Waals surface area contributed by atoms with Crippen molar-refractivity contribution in [2.45, 2.75) is 56.7 Å². The molecule has 2 N–H and O–H groups in total. The Labute approximate surface area is 107 Å². The smallest absolute Gasteiger partial charge is 0.0961 e. The second kappa shape index (κ2) is 4.34. The average molecular weight is 251 g/mol. The van der Waals surface area contributed by atoms with Gasteiger partial charge in [0.15, 0.2) is 0 Å². The van der Waals surface area contributed by atoms with E-state index >= 15 is 0 Å². The number of hydrogen-bond donors (Lipinski definition) is 1. The molecule has 0 aliphatic carbocycles. The van der Waals surface area contributed by atoms with E-state index in [-0.39, 0.29) is 6.04 Å². The highest BCUT2D eigenvalue weighted by Gasteiger charge is 2.39. The lowest BCUT2D eigenvalue weighted by atomic mass is 9.92. The lowest BCUT2D eigenvalue weighted by molar-refractivity contribution is 0.161. The van der Waals surface area contributed by atoms with Crippen LogP contribution in [0, 0.1) is 0 Å². The van der Waals surface area contributed by atoms with Crippen LogP contribution in [0.3, 0.4) is 0 Å². The Morgan fingerprint density at radius 2 is 2.06 bits per heavy atom. The molecule has 17 heavy (non-hydrogen) atoms. The zero-order chi connectivity index (χ0) is 12.0. The number of hydrogen-bond acceptors (Lipinski definition) is 4. The molecule has 2 aliphatic heterocycles. The first-order chi connectivity index (χ1) is 8.15. The molecule has 94 valence electrons. The van der Waals surface area contributed by atoms with Gasteiger partial charge in [0.1, 0.15) is 0 Å². The molecule has 0 aromatic carbocycles. The Kier molecular flexibility index (Phi) is 2.97. The molecule has 3 rings (SSSR count). The Bertz CT molecular complexity index is 387. The van der Waals surface area contributed by atoms with Crippen LogP contribution in [-0.4, -0.2) is 29.0 Å². The van der Waals surface area contributed by atoms with E-state index in [1.807, 2.05) is 18.3 Å². The molecule has 0 saturated carbocycles. The zero-order valence-electron chi connectivity index (χ0n) is 10.6. The standard InChI is InChI=1S/C13H21N3S/c1-8(14)12-7-17-13(15-12)9-5-10-3-4-11(6-9)16(10)2/h7-11H,3-6,14H2,1-2H3. The van der Waals surface area contributed by atoms with E-state index in [1.54, 1.807) is 0 Å². The molecule has 2 saturated heterocycles. The van der Waals surface area contributed by atoms with Crippen molar-refractivity contribution in [2.24, 2.45) is 5.73 Å². The first-order valence-corrected chi connectivity index (χ1v) is 7.46. The van der Waals surface area contributed by atoms with Crippen molar-refractivity contribution in [2.75, 3.05) is 7.05 Å². The summed E-state index contributed by atoms with van der Waals surface area (Å²) < 4.78 is 0. The zero-order valence-corrected chi connectivity index (χ0v) is 11.4. The van der Waals surface area contributed by atoms with Crippen LogP contribution in [0.15, 0.2) is 5.38 Å². The Hall–Kier alpha value is -0.450. The van der Waals surface area contributed by atoms with Gasteiger partial charge < -0.3 is 10.6 Å². The SMILES string of the molecule is CC(N)c1csc(C2CC3CCC(C2)N3C)n1. The maximum absolute atomic E-state index is 5.88. The Morgan fingerprint density at radius 3 is 2.59 bits per heavy atom. The molecule has 0 amide bonds. The van der Waals surface area contributed by atoms with Crippen molar-refractivity contribution in [1.29, 1.82) is 0 Å². The van der Waals surface area contributed by atoms with E-state index in [1.165, 1.54) is 30.7 Å². The van der Waals surface area contributed by atoms with Crippen molar-refractivity contribution in [3.05, 3.63) is 16.1 Å². The minimum Gasteiger partial charge on any atom is -0.323 e. The number of fused-ring (bicyclic) bond motifs is 2. The van der Waals surface area contributed by atoms with Crippen molar-refractivity contribution in [3.63, 3.8) is 0 Å². The minimum absolute atomic E-state index is 0.0722. The average Bonchev–Trinajstić information content (AvgIpc) is 2.83. The summed E-state index contributed by atoms with van der Waals surface area (Å²) in [7, 11) is 2.29. The van der Waals surface area contributed by atoms with Crippen molar-refractivity contribution in [1.82, 2.24) is 9.88 Å². The molecule has 2 aliphatic rings. The first kappa shape index (κ1) is 11.6. The number of aromatic nitrogens is 1. The fraction of sp³-hybridized carbons (Fsp3) is 0.769. The molecule has 0 spiro atoms. The number of nitrogens with two attached hydrogens (primary N) is 1. The van der Waals surface area contributed by atoms with Gasteiger partial charge in [-0.1, -0.05) is 0 Å². The third-order valence-electron chi connectivity index (χ3n) is 4.45. The fourth-order valence-electron chi connectivity index (χ4n) is 3.31. The monoisotopic (exact) mass is 251 g/mol. The van der Waals surface area contributed by atoms with Gasteiger partial charge in [-0.3, -0.25) is 0 Å².